The molecule has 0 aliphatic carbocycles. The van der Waals surface area contributed by atoms with Gasteiger partial charge in [0.2, 0.25) is 0 Å². The molecule has 0 aliphatic heterocycles. The van der Waals surface area contributed by atoms with Gasteiger partial charge in [0.15, 0.2) is 0 Å². The molecule has 3 rings (SSSR count). The Morgan fingerprint density at radius 3 is 2.78 bits per heavy atom. The summed E-state index contributed by atoms with van der Waals surface area (Å²) in [4.78, 5) is 16.7. The van der Waals surface area contributed by atoms with Gasteiger partial charge in [-0.15, -0.1) is 0 Å². The molecule has 0 saturated carbocycles. The Balaban J connectivity index is 1.56. The van der Waals surface area contributed by atoms with Crippen molar-refractivity contribution in [3.05, 3.63) is 76.3 Å². The van der Waals surface area contributed by atoms with E-state index in [-0.39, 0.29) is 5.56 Å². The second kappa shape index (κ2) is 7.33. The number of ether oxygens (including phenoxy) is 1. The summed E-state index contributed by atoms with van der Waals surface area (Å²) in [5, 5.41) is 0. The van der Waals surface area contributed by atoms with Crippen molar-refractivity contribution >= 4 is 17.4 Å². The van der Waals surface area contributed by atoms with Gasteiger partial charge in [-0.05, 0) is 31.2 Å². The number of thioether (sulfide) groups is 1. The standard InChI is InChI=1S/C18H18N2O2S/c1-14-6-5-9-17-19-15(12-18(21)20(14)17)13-23-11-10-22-16-7-3-2-4-8-16/h2-9,12H,10-11,13H2,1H3. The van der Waals surface area contributed by atoms with Gasteiger partial charge in [0, 0.05) is 23.3 Å². The maximum absolute atomic E-state index is 12.2. The number of benzene rings is 1. The summed E-state index contributed by atoms with van der Waals surface area (Å²) in [7, 11) is 0. The second-order valence-corrected chi connectivity index (χ2v) is 6.27. The smallest absolute Gasteiger partial charge is 0.258 e. The first-order chi connectivity index (χ1) is 11.2. The number of rotatable bonds is 6. The van der Waals surface area contributed by atoms with Crippen LogP contribution in [0.2, 0.25) is 0 Å². The van der Waals surface area contributed by atoms with Crippen molar-refractivity contribution in [3.63, 3.8) is 0 Å². The number of aryl methyl sites for hydroxylation is 1. The van der Waals surface area contributed by atoms with Crippen LogP contribution in [0.3, 0.4) is 0 Å². The van der Waals surface area contributed by atoms with E-state index in [1.54, 1.807) is 22.2 Å². The molecule has 0 spiro atoms. The van der Waals surface area contributed by atoms with E-state index < -0.39 is 0 Å². The van der Waals surface area contributed by atoms with E-state index in [0.29, 0.717) is 18.0 Å². The third-order valence-corrected chi connectivity index (χ3v) is 4.38. The van der Waals surface area contributed by atoms with Gasteiger partial charge in [-0.1, -0.05) is 24.3 Å². The predicted molar refractivity (Wildman–Crippen MR) is 94.3 cm³/mol. The molecule has 0 N–H and O–H groups in total. The Hall–Kier alpha value is -2.27. The summed E-state index contributed by atoms with van der Waals surface area (Å²) in [6.07, 6.45) is 0. The van der Waals surface area contributed by atoms with Crippen LogP contribution in [-0.4, -0.2) is 21.7 Å². The molecule has 5 heteroatoms. The van der Waals surface area contributed by atoms with Crippen LogP contribution in [0.4, 0.5) is 0 Å². The predicted octanol–water partition coefficient (Wildman–Crippen LogP) is 3.32. The second-order valence-electron chi connectivity index (χ2n) is 5.16. The number of hydrogen-bond acceptors (Lipinski definition) is 4. The van der Waals surface area contributed by atoms with Crippen LogP contribution >= 0.6 is 11.8 Å². The third kappa shape index (κ3) is 3.93. The van der Waals surface area contributed by atoms with E-state index >= 15 is 0 Å². The van der Waals surface area contributed by atoms with Gasteiger partial charge < -0.3 is 4.74 Å². The fourth-order valence-electron chi connectivity index (χ4n) is 2.35. The zero-order chi connectivity index (χ0) is 16.1. The lowest BCUT2D eigenvalue weighted by Crippen LogP contribution is -2.17. The van der Waals surface area contributed by atoms with E-state index in [4.69, 9.17) is 4.74 Å². The minimum Gasteiger partial charge on any atom is -0.493 e. The molecule has 0 saturated heterocycles. The van der Waals surface area contributed by atoms with Gasteiger partial charge in [-0.2, -0.15) is 11.8 Å². The summed E-state index contributed by atoms with van der Waals surface area (Å²) < 4.78 is 7.28. The van der Waals surface area contributed by atoms with Gasteiger partial charge in [-0.3, -0.25) is 9.20 Å². The lowest BCUT2D eigenvalue weighted by Gasteiger charge is -2.07. The fraction of sp³-hybridized carbons (Fsp3) is 0.222. The van der Waals surface area contributed by atoms with Crippen LogP contribution in [0.1, 0.15) is 11.4 Å². The van der Waals surface area contributed by atoms with Gasteiger partial charge in [-0.25, -0.2) is 4.98 Å². The number of aromatic nitrogens is 2. The maximum atomic E-state index is 12.2. The average Bonchev–Trinajstić information content (AvgIpc) is 2.55. The van der Waals surface area contributed by atoms with Gasteiger partial charge in [0.05, 0.1) is 12.3 Å². The molecule has 0 bridgehead atoms. The summed E-state index contributed by atoms with van der Waals surface area (Å²) in [5.74, 6) is 2.44. The molecule has 0 unspecified atom stereocenters. The summed E-state index contributed by atoms with van der Waals surface area (Å²) in [6, 6.07) is 17.1. The highest BCUT2D eigenvalue weighted by Gasteiger charge is 2.04. The molecule has 2 heterocycles. The van der Waals surface area contributed by atoms with E-state index in [9.17, 15) is 4.79 Å². The van der Waals surface area contributed by atoms with E-state index in [0.717, 1.165) is 22.9 Å². The number of fused-ring (bicyclic) bond motifs is 1. The fourth-order valence-corrected chi connectivity index (χ4v) is 3.05. The molecule has 4 nitrogen and oxygen atoms in total. The number of para-hydroxylation sites is 1. The molecule has 3 aromatic rings. The van der Waals surface area contributed by atoms with Crippen molar-refractivity contribution in [3.8, 4) is 5.75 Å². The van der Waals surface area contributed by atoms with E-state index in [1.807, 2.05) is 55.5 Å². The first kappa shape index (κ1) is 15.6. The van der Waals surface area contributed by atoms with Gasteiger partial charge in [0.1, 0.15) is 11.4 Å². The molecular weight excluding hydrogens is 308 g/mol. The minimum absolute atomic E-state index is 0.0239. The lowest BCUT2D eigenvalue weighted by molar-refractivity contribution is 0.344. The summed E-state index contributed by atoms with van der Waals surface area (Å²) >= 11 is 1.71. The monoisotopic (exact) mass is 326 g/mol. The molecule has 0 fully saturated rings. The minimum atomic E-state index is -0.0239. The average molecular weight is 326 g/mol. The molecule has 0 atom stereocenters. The topological polar surface area (TPSA) is 43.6 Å². The van der Waals surface area contributed by atoms with Crippen molar-refractivity contribution in [2.75, 3.05) is 12.4 Å². The normalized spacial score (nSPS) is 10.8. The quantitative estimate of drug-likeness (QED) is 0.652. The molecule has 0 aliphatic rings. The van der Waals surface area contributed by atoms with Crippen molar-refractivity contribution in [2.24, 2.45) is 0 Å². The maximum Gasteiger partial charge on any atom is 0.258 e. The van der Waals surface area contributed by atoms with Crippen LogP contribution in [0, 0.1) is 6.92 Å². The molecule has 118 valence electrons. The van der Waals surface area contributed by atoms with Crippen molar-refractivity contribution in [2.45, 2.75) is 12.7 Å². The van der Waals surface area contributed by atoms with Crippen LogP contribution in [0.5, 0.6) is 5.75 Å². The summed E-state index contributed by atoms with van der Waals surface area (Å²) in [6.45, 7) is 2.55. The SMILES string of the molecule is Cc1cccc2nc(CSCCOc3ccccc3)cc(=O)n12. The highest BCUT2D eigenvalue weighted by molar-refractivity contribution is 7.98. The Bertz CT molecular complexity index is 847. The lowest BCUT2D eigenvalue weighted by atomic mass is 10.3. The summed E-state index contributed by atoms with van der Waals surface area (Å²) in [5.41, 5.74) is 2.39. The van der Waals surface area contributed by atoms with E-state index in [1.165, 1.54) is 0 Å². The Kier molecular flexibility index (Phi) is 4.98. The van der Waals surface area contributed by atoms with Crippen LogP contribution < -0.4 is 10.3 Å². The molecular formula is C18H18N2O2S. The highest BCUT2D eigenvalue weighted by atomic mass is 32.2. The Morgan fingerprint density at radius 2 is 1.96 bits per heavy atom. The molecule has 23 heavy (non-hydrogen) atoms. The van der Waals surface area contributed by atoms with E-state index in [2.05, 4.69) is 4.98 Å². The zero-order valence-electron chi connectivity index (χ0n) is 12.9. The van der Waals surface area contributed by atoms with Crippen LogP contribution in [0.15, 0.2) is 59.4 Å². The van der Waals surface area contributed by atoms with Crippen LogP contribution in [-0.2, 0) is 5.75 Å². The zero-order valence-corrected chi connectivity index (χ0v) is 13.8. The van der Waals surface area contributed by atoms with Gasteiger partial charge >= 0.3 is 0 Å². The number of nitrogens with zero attached hydrogens (tertiary/aromatic N) is 2. The van der Waals surface area contributed by atoms with Crippen molar-refractivity contribution < 1.29 is 4.74 Å². The molecule has 0 radical (unpaired) electrons. The molecule has 1 aromatic carbocycles. The Morgan fingerprint density at radius 1 is 1.13 bits per heavy atom. The van der Waals surface area contributed by atoms with Crippen molar-refractivity contribution in [1.82, 2.24) is 9.38 Å². The molecule has 0 amide bonds. The first-order valence-corrected chi connectivity index (χ1v) is 8.63. The first-order valence-electron chi connectivity index (χ1n) is 7.48. The van der Waals surface area contributed by atoms with Crippen molar-refractivity contribution in [1.29, 1.82) is 0 Å². The van der Waals surface area contributed by atoms with Crippen LogP contribution in [0.25, 0.3) is 5.65 Å². The number of hydrogen-bond donors (Lipinski definition) is 0. The third-order valence-electron chi connectivity index (χ3n) is 3.42. The highest BCUT2D eigenvalue weighted by Crippen LogP contribution is 2.12. The molecule has 2 aromatic heterocycles. The largest absolute Gasteiger partial charge is 0.493 e. The Labute approximate surface area is 139 Å². The number of pyridine rings is 1. The van der Waals surface area contributed by atoms with Gasteiger partial charge in [0.25, 0.3) is 5.56 Å².